The van der Waals surface area contributed by atoms with Gasteiger partial charge in [0.15, 0.2) is 18.2 Å². The average molecular weight is 261 g/mol. The smallest absolute Gasteiger partial charge is 0.351 e. The summed E-state index contributed by atoms with van der Waals surface area (Å²) in [5, 5.41) is 26.9. The molecular weight excluding hydrogens is 249 g/mol. The van der Waals surface area contributed by atoms with Gasteiger partial charge in [0.1, 0.15) is 12.2 Å². The van der Waals surface area contributed by atoms with E-state index in [0.717, 1.165) is 10.8 Å². The number of aliphatic hydroxyl groups is 2. The number of nitrogens with zero attached hydrogens (tertiary/aromatic N) is 2. The zero-order valence-corrected chi connectivity index (χ0v) is 9.10. The van der Waals surface area contributed by atoms with Crippen LogP contribution in [0.15, 0.2) is 17.1 Å². The minimum atomic E-state index is -1.85. The van der Waals surface area contributed by atoms with Crippen molar-refractivity contribution in [3.63, 3.8) is 0 Å². The second kappa shape index (κ2) is 4.98. The van der Waals surface area contributed by atoms with Crippen LogP contribution in [0.2, 0.25) is 0 Å². The first-order valence-electron chi connectivity index (χ1n) is 5.16. The maximum absolute atomic E-state index is 13.7. The molecular formula is C9H12FN3O5. The van der Waals surface area contributed by atoms with E-state index in [2.05, 4.69) is 4.98 Å². The van der Waals surface area contributed by atoms with Crippen molar-refractivity contribution in [1.82, 2.24) is 9.55 Å². The summed E-state index contributed by atoms with van der Waals surface area (Å²) in [5.74, 6) is -0.0936. The molecule has 1 aliphatic heterocycles. The van der Waals surface area contributed by atoms with Crippen molar-refractivity contribution in [2.24, 2.45) is 0 Å². The van der Waals surface area contributed by atoms with Crippen LogP contribution in [0.1, 0.15) is 6.23 Å². The molecule has 0 saturated carbocycles. The summed E-state index contributed by atoms with van der Waals surface area (Å²) in [5.41, 5.74) is 0.823. The molecule has 0 amide bonds. The molecule has 1 fully saturated rings. The van der Waals surface area contributed by atoms with Gasteiger partial charge >= 0.3 is 5.69 Å². The number of hydrogen-bond donors (Lipinski definition) is 4. The third kappa shape index (κ3) is 2.08. The zero-order valence-electron chi connectivity index (χ0n) is 9.10. The molecule has 8 nitrogen and oxygen atoms in total. The Morgan fingerprint density at radius 3 is 2.83 bits per heavy atom. The van der Waals surface area contributed by atoms with Crippen LogP contribution in [0.3, 0.4) is 0 Å². The summed E-state index contributed by atoms with van der Waals surface area (Å²) < 4.78 is 19.6. The molecule has 4 N–H and O–H groups in total. The standard InChI is InChI=1S/C9H12FN3O5/c10-6-7(15)4(3-14)18-8(6)13-2-1-5(12-17)11-9(13)16/h1-2,4,6-8,14-15,17H,3H2,(H,11,12,16)/t4-,6?,7-,8-/m1/s1. The minimum absolute atomic E-state index is 0.0936. The lowest BCUT2D eigenvalue weighted by atomic mass is 10.1. The fourth-order valence-corrected chi connectivity index (χ4v) is 1.75. The van der Waals surface area contributed by atoms with Crippen LogP contribution in [0.4, 0.5) is 10.2 Å². The van der Waals surface area contributed by atoms with Crippen molar-refractivity contribution in [3.05, 3.63) is 22.7 Å². The molecule has 0 aromatic carbocycles. The number of aromatic nitrogens is 2. The van der Waals surface area contributed by atoms with E-state index in [1.54, 1.807) is 5.48 Å². The van der Waals surface area contributed by atoms with Gasteiger partial charge in [0, 0.05) is 6.20 Å². The molecule has 0 aliphatic carbocycles. The molecule has 1 aromatic rings. The molecule has 100 valence electrons. The van der Waals surface area contributed by atoms with Gasteiger partial charge in [-0.1, -0.05) is 0 Å². The fourth-order valence-electron chi connectivity index (χ4n) is 1.75. The Kier molecular flexibility index (Phi) is 3.57. The van der Waals surface area contributed by atoms with E-state index in [1.165, 1.54) is 6.07 Å². The average Bonchev–Trinajstić information content (AvgIpc) is 2.66. The molecule has 1 aliphatic rings. The number of ether oxygens (including phenoxy) is 1. The summed E-state index contributed by atoms with van der Waals surface area (Å²) in [7, 11) is 0. The van der Waals surface area contributed by atoms with E-state index >= 15 is 0 Å². The molecule has 0 radical (unpaired) electrons. The van der Waals surface area contributed by atoms with Gasteiger partial charge in [0.05, 0.1) is 6.61 Å². The fraction of sp³-hybridized carbons (Fsp3) is 0.556. The van der Waals surface area contributed by atoms with Crippen LogP contribution in [0.25, 0.3) is 0 Å². The highest BCUT2D eigenvalue weighted by atomic mass is 19.1. The molecule has 2 heterocycles. The van der Waals surface area contributed by atoms with E-state index in [-0.39, 0.29) is 5.82 Å². The highest BCUT2D eigenvalue weighted by Gasteiger charge is 2.45. The van der Waals surface area contributed by atoms with Crippen molar-refractivity contribution in [2.75, 3.05) is 12.1 Å². The van der Waals surface area contributed by atoms with E-state index < -0.39 is 36.9 Å². The van der Waals surface area contributed by atoms with Crippen molar-refractivity contribution >= 4 is 5.82 Å². The van der Waals surface area contributed by atoms with Crippen LogP contribution in [-0.2, 0) is 4.74 Å². The van der Waals surface area contributed by atoms with Crippen LogP contribution < -0.4 is 11.2 Å². The SMILES string of the molecule is O=c1nc(NO)ccn1[C@@H]1O[C@H](CO)[C@@H](O)C1F. The van der Waals surface area contributed by atoms with Gasteiger partial charge in [-0.2, -0.15) is 4.98 Å². The first kappa shape index (κ1) is 12.9. The number of anilines is 1. The van der Waals surface area contributed by atoms with Gasteiger partial charge < -0.3 is 14.9 Å². The van der Waals surface area contributed by atoms with Gasteiger partial charge in [0.2, 0.25) is 0 Å². The van der Waals surface area contributed by atoms with Crippen molar-refractivity contribution < 1.29 is 24.5 Å². The summed E-state index contributed by atoms with van der Waals surface area (Å²) in [6.45, 7) is -0.559. The Morgan fingerprint density at radius 1 is 1.61 bits per heavy atom. The lowest BCUT2D eigenvalue weighted by Crippen LogP contribution is -2.33. The van der Waals surface area contributed by atoms with E-state index in [1.807, 2.05) is 0 Å². The van der Waals surface area contributed by atoms with Gasteiger partial charge in [0.25, 0.3) is 0 Å². The molecule has 18 heavy (non-hydrogen) atoms. The first-order chi connectivity index (χ1) is 8.58. The zero-order chi connectivity index (χ0) is 13.3. The number of rotatable bonds is 3. The summed E-state index contributed by atoms with van der Waals surface area (Å²) in [6, 6.07) is 1.23. The molecule has 0 spiro atoms. The Labute approximate surface area is 100 Å². The summed E-state index contributed by atoms with van der Waals surface area (Å²) in [4.78, 5) is 14.9. The van der Waals surface area contributed by atoms with Crippen molar-refractivity contribution in [2.45, 2.75) is 24.6 Å². The number of hydrogen-bond acceptors (Lipinski definition) is 7. The first-order valence-corrected chi connectivity index (χ1v) is 5.16. The van der Waals surface area contributed by atoms with Gasteiger partial charge in [-0.15, -0.1) is 0 Å². The predicted molar refractivity (Wildman–Crippen MR) is 55.8 cm³/mol. The van der Waals surface area contributed by atoms with E-state index in [0.29, 0.717) is 0 Å². The quantitative estimate of drug-likeness (QED) is 0.496. The normalized spacial score (nSPS) is 31.6. The van der Waals surface area contributed by atoms with Gasteiger partial charge in [-0.05, 0) is 6.07 Å². The van der Waals surface area contributed by atoms with E-state index in [4.69, 9.17) is 15.1 Å². The number of aliphatic hydroxyl groups excluding tert-OH is 2. The topological polar surface area (TPSA) is 117 Å². The second-order valence-corrected chi connectivity index (χ2v) is 3.80. The summed E-state index contributed by atoms with van der Waals surface area (Å²) >= 11 is 0. The molecule has 9 heteroatoms. The largest absolute Gasteiger partial charge is 0.394 e. The molecule has 4 atom stereocenters. The van der Waals surface area contributed by atoms with Crippen LogP contribution in [-0.4, -0.2) is 50.0 Å². The predicted octanol–water partition coefficient (Wildman–Crippen LogP) is -1.37. The lowest BCUT2D eigenvalue weighted by molar-refractivity contribution is -0.0491. The molecule has 1 aromatic heterocycles. The maximum Gasteiger partial charge on any atom is 0.351 e. The van der Waals surface area contributed by atoms with Crippen LogP contribution in [0, 0.1) is 0 Å². The summed E-state index contributed by atoms with van der Waals surface area (Å²) in [6.07, 6.45) is -4.65. The van der Waals surface area contributed by atoms with Crippen LogP contribution in [0.5, 0.6) is 0 Å². The second-order valence-electron chi connectivity index (χ2n) is 3.80. The Morgan fingerprint density at radius 2 is 2.33 bits per heavy atom. The van der Waals surface area contributed by atoms with Crippen LogP contribution >= 0.6 is 0 Å². The Hall–Kier alpha value is -1.55. The molecule has 2 rings (SSSR count). The number of halogens is 1. The highest BCUT2D eigenvalue weighted by Crippen LogP contribution is 2.30. The number of alkyl halides is 1. The number of nitrogens with one attached hydrogen (secondary N) is 1. The Bertz CT molecular complexity index is 482. The lowest BCUT2D eigenvalue weighted by Gasteiger charge is -2.15. The third-order valence-electron chi connectivity index (χ3n) is 2.69. The maximum atomic E-state index is 13.7. The monoisotopic (exact) mass is 261 g/mol. The Balaban J connectivity index is 2.30. The minimum Gasteiger partial charge on any atom is -0.394 e. The van der Waals surface area contributed by atoms with Gasteiger partial charge in [-0.25, -0.2) is 9.18 Å². The third-order valence-corrected chi connectivity index (χ3v) is 2.69. The molecule has 1 unspecified atom stereocenters. The highest BCUT2D eigenvalue weighted by molar-refractivity contribution is 5.28. The van der Waals surface area contributed by atoms with Gasteiger partial charge in [-0.3, -0.25) is 15.3 Å². The molecule has 0 bridgehead atoms. The van der Waals surface area contributed by atoms with Crippen molar-refractivity contribution in [1.29, 1.82) is 0 Å². The molecule has 1 saturated heterocycles. The van der Waals surface area contributed by atoms with E-state index in [9.17, 15) is 14.3 Å². The van der Waals surface area contributed by atoms with Crippen molar-refractivity contribution in [3.8, 4) is 0 Å².